The standard InChI is InChI=1S/C18H18/c1-3-7-15(8-4-1)17-11-13-18(14-12-17)16-9-5-2-6-10-16/h1-11,14,17-18H,12-13H2. The Hall–Kier alpha value is -1.56. The van der Waals surface area contributed by atoms with Gasteiger partial charge in [0, 0.05) is 0 Å². The summed E-state index contributed by atoms with van der Waals surface area (Å²) in [6.45, 7) is 0. The summed E-state index contributed by atoms with van der Waals surface area (Å²) in [6.07, 6.45) is 7.27. The van der Waals surface area contributed by atoms with Gasteiger partial charge in [-0.15, -0.1) is 0 Å². The Morgan fingerprint density at radius 3 is 1.28 bits per heavy atom. The summed E-state index contributed by atoms with van der Waals surface area (Å²) in [4.78, 5) is 0. The maximum atomic E-state index is 2.48. The Balaban J connectivity index is 1.65. The van der Waals surface area contributed by atoms with Crippen molar-refractivity contribution < 1.29 is 0 Å². The molecule has 90 valence electrons. The topological polar surface area (TPSA) is 0 Å². The van der Waals surface area contributed by atoms with Crippen LogP contribution in [0.4, 0.5) is 0 Å². The van der Waals surface area contributed by atoms with Crippen LogP contribution in [-0.4, -0.2) is 0 Å². The van der Waals surface area contributed by atoms with Gasteiger partial charge in [0.25, 0.3) is 0 Å². The van der Waals surface area contributed by atoms with Crippen molar-refractivity contribution in [2.75, 3.05) is 0 Å². The summed E-state index contributed by atoms with van der Waals surface area (Å²) in [5.41, 5.74) is 2.89. The Morgan fingerprint density at radius 1 is 0.556 bits per heavy atom. The molecule has 1 aliphatic carbocycles. The highest BCUT2D eigenvalue weighted by Crippen LogP contribution is 2.38. The summed E-state index contributed by atoms with van der Waals surface area (Å²) in [7, 11) is 0. The van der Waals surface area contributed by atoms with E-state index in [1.54, 1.807) is 0 Å². The van der Waals surface area contributed by atoms with Gasteiger partial charge in [-0.05, 0) is 48.6 Å². The van der Waals surface area contributed by atoms with E-state index in [9.17, 15) is 0 Å². The second-order valence-corrected chi connectivity index (χ2v) is 4.98. The van der Waals surface area contributed by atoms with E-state index >= 15 is 0 Å². The fourth-order valence-electron chi connectivity index (χ4n) is 2.76. The van der Waals surface area contributed by atoms with Crippen molar-refractivity contribution in [2.45, 2.75) is 24.7 Å². The molecule has 0 nitrogen and oxygen atoms in total. The molecule has 0 heteroatoms. The normalized spacial score (nSPS) is 23.8. The fourth-order valence-corrected chi connectivity index (χ4v) is 2.76. The van der Waals surface area contributed by atoms with Gasteiger partial charge in [0.05, 0.1) is 0 Å². The molecule has 2 unspecified atom stereocenters. The molecule has 3 rings (SSSR count). The fraction of sp³-hybridized carbons (Fsp3) is 0.222. The molecular formula is C18H18. The smallest absolute Gasteiger partial charge is 0.0128 e. The predicted octanol–water partition coefficient (Wildman–Crippen LogP) is 4.76. The average molecular weight is 234 g/mol. The van der Waals surface area contributed by atoms with Crippen LogP contribution in [0.25, 0.3) is 0 Å². The SMILES string of the molecule is [CH]1CC(c2ccccc2)[CH]CC1c1ccccc1. The lowest BCUT2D eigenvalue weighted by Crippen LogP contribution is -2.13. The van der Waals surface area contributed by atoms with Crippen molar-refractivity contribution in [3.8, 4) is 0 Å². The summed E-state index contributed by atoms with van der Waals surface area (Å²) in [5, 5.41) is 0. The van der Waals surface area contributed by atoms with Crippen LogP contribution in [0.5, 0.6) is 0 Å². The number of hydrogen-bond acceptors (Lipinski definition) is 0. The van der Waals surface area contributed by atoms with Crippen LogP contribution in [0.15, 0.2) is 60.7 Å². The Labute approximate surface area is 110 Å². The molecule has 0 aromatic heterocycles. The van der Waals surface area contributed by atoms with Crippen molar-refractivity contribution in [1.82, 2.24) is 0 Å². The van der Waals surface area contributed by atoms with E-state index in [0.717, 1.165) is 12.8 Å². The molecule has 1 saturated carbocycles. The van der Waals surface area contributed by atoms with Crippen LogP contribution in [0.3, 0.4) is 0 Å². The highest BCUT2D eigenvalue weighted by molar-refractivity contribution is 5.29. The second-order valence-electron chi connectivity index (χ2n) is 4.98. The van der Waals surface area contributed by atoms with Gasteiger partial charge in [-0.2, -0.15) is 0 Å². The Morgan fingerprint density at radius 2 is 0.944 bits per heavy atom. The van der Waals surface area contributed by atoms with Gasteiger partial charge in [-0.25, -0.2) is 0 Å². The maximum Gasteiger partial charge on any atom is -0.0128 e. The second kappa shape index (κ2) is 5.39. The first-order valence-corrected chi connectivity index (χ1v) is 6.70. The lowest BCUT2D eigenvalue weighted by molar-refractivity contribution is 0.575. The quantitative estimate of drug-likeness (QED) is 0.703. The molecule has 18 heavy (non-hydrogen) atoms. The number of rotatable bonds is 2. The molecule has 2 aromatic carbocycles. The molecule has 2 aromatic rings. The van der Waals surface area contributed by atoms with E-state index in [1.165, 1.54) is 11.1 Å². The lowest BCUT2D eigenvalue weighted by Gasteiger charge is -2.28. The minimum absolute atomic E-state index is 0.603. The van der Waals surface area contributed by atoms with Crippen molar-refractivity contribution >= 4 is 0 Å². The van der Waals surface area contributed by atoms with Crippen molar-refractivity contribution in [1.29, 1.82) is 0 Å². The van der Waals surface area contributed by atoms with Crippen LogP contribution in [0.1, 0.15) is 35.8 Å². The van der Waals surface area contributed by atoms with Crippen molar-refractivity contribution in [3.05, 3.63) is 84.6 Å². The number of hydrogen-bond donors (Lipinski definition) is 0. The third-order valence-corrected chi connectivity index (χ3v) is 3.80. The molecule has 0 heterocycles. The van der Waals surface area contributed by atoms with Crippen molar-refractivity contribution in [3.63, 3.8) is 0 Å². The third-order valence-electron chi connectivity index (χ3n) is 3.80. The molecular weight excluding hydrogens is 216 g/mol. The molecule has 0 amide bonds. The van der Waals surface area contributed by atoms with E-state index in [4.69, 9.17) is 0 Å². The first-order chi connectivity index (χ1) is 8.93. The first kappa shape index (κ1) is 11.5. The van der Waals surface area contributed by atoms with E-state index in [-0.39, 0.29) is 0 Å². The van der Waals surface area contributed by atoms with Crippen LogP contribution in [0.2, 0.25) is 0 Å². The minimum atomic E-state index is 0.603. The van der Waals surface area contributed by atoms with Crippen LogP contribution in [-0.2, 0) is 0 Å². The van der Waals surface area contributed by atoms with Gasteiger partial charge in [-0.3, -0.25) is 0 Å². The first-order valence-electron chi connectivity index (χ1n) is 6.70. The molecule has 0 bridgehead atoms. The predicted molar refractivity (Wildman–Crippen MR) is 76.2 cm³/mol. The number of benzene rings is 2. The molecule has 2 atom stereocenters. The molecule has 0 N–H and O–H groups in total. The van der Waals surface area contributed by atoms with Crippen LogP contribution < -0.4 is 0 Å². The van der Waals surface area contributed by atoms with E-state index in [2.05, 4.69) is 73.5 Å². The average Bonchev–Trinajstić information content (AvgIpc) is 2.49. The van der Waals surface area contributed by atoms with Gasteiger partial charge in [-0.1, -0.05) is 60.7 Å². The van der Waals surface area contributed by atoms with Gasteiger partial charge in [0.15, 0.2) is 0 Å². The molecule has 1 aliphatic rings. The van der Waals surface area contributed by atoms with Crippen LogP contribution >= 0.6 is 0 Å². The summed E-state index contributed by atoms with van der Waals surface area (Å²) >= 11 is 0. The van der Waals surface area contributed by atoms with Gasteiger partial charge in [0.2, 0.25) is 0 Å². The highest BCUT2D eigenvalue weighted by atomic mass is 14.3. The maximum absolute atomic E-state index is 2.48. The van der Waals surface area contributed by atoms with E-state index < -0.39 is 0 Å². The van der Waals surface area contributed by atoms with E-state index in [1.807, 2.05) is 0 Å². The largest absolute Gasteiger partial charge is 0.0622 e. The zero-order valence-electron chi connectivity index (χ0n) is 10.5. The molecule has 0 aliphatic heterocycles. The van der Waals surface area contributed by atoms with Gasteiger partial charge < -0.3 is 0 Å². The monoisotopic (exact) mass is 234 g/mol. The molecule has 0 saturated heterocycles. The molecule has 0 spiro atoms. The lowest BCUT2D eigenvalue weighted by atomic mass is 9.76. The van der Waals surface area contributed by atoms with Gasteiger partial charge >= 0.3 is 0 Å². The molecule has 1 fully saturated rings. The Bertz CT molecular complexity index is 416. The molecule has 2 radical (unpaired) electrons. The zero-order valence-corrected chi connectivity index (χ0v) is 10.5. The highest BCUT2D eigenvalue weighted by Gasteiger charge is 2.23. The van der Waals surface area contributed by atoms with E-state index in [0.29, 0.717) is 11.8 Å². The van der Waals surface area contributed by atoms with Gasteiger partial charge in [0.1, 0.15) is 0 Å². The minimum Gasteiger partial charge on any atom is -0.0622 e. The Kier molecular flexibility index (Phi) is 3.45. The summed E-state index contributed by atoms with van der Waals surface area (Å²) < 4.78 is 0. The van der Waals surface area contributed by atoms with Crippen molar-refractivity contribution in [2.24, 2.45) is 0 Å². The zero-order chi connectivity index (χ0) is 12.2. The summed E-state index contributed by atoms with van der Waals surface area (Å²) in [6, 6.07) is 21.6. The third kappa shape index (κ3) is 2.48. The summed E-state index contributed by atoms with van der Waals surface area (Å²) in [5.74, 6) is 1.21. The van der Waals surface area contributed by atoms with Crippen LogP contribution in [0, 0.1) is 12.8 Å².